The molecule has 1 aliphatic heterocycles. The largest absolute Gasteiger partial charge is 0.389 e. The molecule has 2 nitrogen and oxygen atoms in total. The maximum atomic E-state index is 12.2. The standard InChI is InChI=1S/C15H27F3N2/c16-15(17,18)8-4-10-20-11-5-9-19-14(12-20)13-6-2-1-3-7-13/h13-14,19H,1-12H2. The number of nitrogens with zero attached hydrogens (tertiary/aromatic N) is 1. The Kier molecular flexibility index (Phi) is 6.15. The van der Waals surface area contributed by atoms with E-state index in [0.717, 1.165) is 32.0 Å². The van der Waals surface area contributed by atoms with Gasteiger partial charge in [-0.05, 0) is 51.2 Å². The molecule has 1 unspecified atom stereocenters. The van der Waals surface area contributed by atoms with Crippen molar-refractivity contribution in [2.75, 3.05) is 26.2 Å². The molecule has 0 aromatic carbocycles. The molecule has 0 radical (unpaired) electrons. The second kappa shape index (κ2) is 7.64. The molecule has 1 heterocycles. The van der Waals surface area contributed by atoms with Crippen LogP contribution in [-0.4, -0.2) is 43.3 Å². The van der Waals surface area contributed by atoms with Gasteiger partial charge >= 0.3 is 6.18 Å². The van der Waals surface area contributed by atoms with Crippen molar-refractivity contribution in [2.45, 2.75) is 63.6 Å². The molecular weight excluding hydrogens is 265 g/mol. The van der Waals surface area contributed by atoms with Gasteiger partial charge in [-0.1, -0.05) is 19.3 Å². The van der Waals surface area contributed by atoms with E-state index < -0.39 is 12.6 Å². The first-order valence-corrected chi connectivity index (χ1v) is 8.07. The van der Waals surface area contributed by atoms with Crippen molar-refractivity contribution in [3.05, 3.63) is 0 Å². The molecule has 1 saturated carbocycles. The molecule has 0 amide bonds. The average molecular weight is 292 g/mol. The molecular formula is C15H27F3N2. The Balaban J connectivity index is 1.77. The third kappa shape index (κ3) is 5.60. The normalized spacial score (nSPS) is 27.4. The summed E-state index contributed by atoms with van der Waals surface area (Å²) in [6.45, 7) is 3.47. The fraction of sp³-hybridized carbons (Fsp3) is 1.00. The van der Waals surface area contributed by atoms with Gasteiger partial charge in [0, 0.05) is 19.0 Å². The van der Waals surface area contributed by atoms with Crippen LogP contribution in [0.4, 0.5) is 13.2 Å². The van der Waals surface area contributed by atoms with Crippen LogP contribution in [0.1, 0.15) is 51.4 Å². The molecule has 20 heavy (non-hydrogen) atoms. The lowest BCUT2D eigenvalue weighted by Gasteiger charge is -2.33. The summed E-state index contributed by atoms with van der Waals surface area (Å²) in [7, 11) is 0. The molecule has 2 rings (SSSR count). The lowest BCUT2D eigenvalue weighted by molar-refractivity contribution is -0.136. The van der Waals surface area contributed by atoms with E-state index in [1.54, 1.807) is 0 Å². The number of hydrogen-bond acceptors (Lipinski definition) is 2. The van der Waals surface area contributed by atoms with Crippen LogP contribution in [0.15, 0.2) is 0 Å². The van der Waals surface area contributed by atoms with E-state index in [-0.39, 0.29) is 6.42 Å². The fourth-order valence-electron chi connectivity index (χ4n) is 3.58. The highest BCUT2D eigenvalue weighted by molar-refractivity contribution is 4.84. The van der Waals surface area contributed by atoms with Crippen molar-refractivity contribution in [3.8, 4) is 0 Å². The third-order valence-electron chi connectivity index (χ3n) is 4.67. The van der Waals surface area contributed by atoms with Crippen LogP contribution in [0.2, 0.25) is 0 Å². The van der Waals surface area contributed by atoms with E-state index in [4.69, 9.17) is 0 Å². The molecule has 1 aliphatic carbocycles. The van der Waals surface area contributed by atoms with Gasteiger partial charge in [-0.15, -0.1) is 0 Å². The van der Waals surface area contributed by atoms with E-state index in [0.29, 0.717) is 12.6 Å². The minimum atomic E-state index is -4.01. The summed E-state index contributed by atoms with van der Waals surface area (Å²) in [5.41, 5.74) is 0. The average Bonchev–Trinajstić information content (AvgIpc) is 2.64. The Morgan fingerprint density at radius 2 is 1.80 bits per heavy atom. The molecule has 0 spiro atoms. The second-order valence-corrected chi connectivity index (χ2v) is 6.33. The van der Waals surface area contributed by atoms with Gasteiger partial charge in [0.15, 0.2) is 0 Å². The molecule has 1 N–H and O–H groups in total. The van der Waals surface area contributed by atoms with Gasteiger partial charge in [0.2, 0.25) is 0 Å². The third-order valence-corrected chi connectivity index (χ3v) is 4.67. The SMILES string of the molecule is FC(F)(F)CCCN1CCCNC(C2CCCCC2)C1. The monoisotopic (exact) mass is 292 g/mol. The first-order chi connectivity index (χ1) is 9.54. The molecule has 1 atom stereocenters. The van der Waals surface area contributed by atoms with Crippen LogP contribution in [0, 0.1) is 5.92 Å². The lowest BCUT2D eigenvalue weighted by atomic mass is 9.83. The molecule has 118 valence electrons. The van der Waals surface area contributed by atoms with Gasteiger partial charge in [0.25, 0.3) is 0 Å². The lowest BCUT2D eigenvalue weighted by Crippen LogP contribution is -2.44. The maximum absolute atomic E-state index is 12.2. The van der Waals surface area contributed by atoms with Crippen molar-refractivity contribution in [1.29, 1.82) is 0 Å². The highest BCUT2D eigenvalue weighted by Crippen LogP contribution is 2.28. The van der Waals surface area contributed by atoms with Crippen molar-refractivity contribution < 1.29 is 13.2 Å². The number of rotatable bonds is 4. The summed E-state index contributed by atoms with van der Waals surface area (Å²) in [6, 6.07) is 0.490. The van der Waals surface area contributed by atoms with Crippen molar-refractivity contribution in [1.82, 2.24) is 10.2 Å². The van der Waals surface area contributed by atoms with Gasteiger partial charge < -0.3 is 10.2 Å². The summed E-state index contributed by atoms with van der Waals surface area (Å²) in [5, 5.41) is 3.62. The maximum Gasteiger partial charge on any atom is 0.389 e. The van der Waals surface area contributed by atoms with Gasteiger partial charge in [0.05, 0.1) is 0 Å². The van der Waals surface area contributed by atoms with Crippen molar-refractivity contribution >= 4 is 0 Å². The molecule has 1 saturated heterocycles. The van der Waals surface area contributed by atoms with Crippen LogP contribution in [0.5, 0.6) is 0 Å². The van der Waals surface area contributed by atoms with Crippen molar-refractivity contribution in [3.63, 3.8) is 0 Å². The summed E-state index contributed by atoms with van der Waals surface area (Å²) in [6.07, 6.45) is 3.18. The van der Waals surface area contributed by atoms with E-state index in [1.165, 1.54) is 32.1 Å². The topological polar surface area (TPSA) is 15.3 Å². The van der Waals surface area contributed by atoms with Gasteiger partial charge in [0.1, 0.15) is 0 Å². The summed E-state index contributed by atoms with van der Waals surface area (Å²) >= 11 is 0. The highest BCUT2D eigenvalue weighted by atomic mass is 19.4. The van der Waals surface area contributed by atoms with Crippen LogP contribution in [0.3, 0.4) is 0 Å². The number of halogens is 3. The van der Waals surface area contributed by atoms with Crippen LogP contribution >= 0.6 is 0 Å². The van der Waals surface area contributed by atoms with E-state index >= 15 is 0 Å². The van der Waals surface area contributed by atoms with Crippen molar-refractivity contribution in [2.24, 2.45) is 5.92 Å². The van der Waals surface area contributed by atoms with Crippen LogP contribution in [0.25, 0.3) is 0 Å². The minimum Gasteiger partial charge on any atom is -0.312 e. The summed E-state index contributed by atoms with van der Waals surface area (Å²) < 4.78 is 36.7. The van der Waals surface area contributed by atoms with E-state index in [2.05, 4.69) is 10.2 Å². The first-order valence-electron chi connectivity index (χ1n) is 8.07. The predicted molar refractivity (Wildman–Crippen MR) is 74.7 cm³/mol. The zero-order chi connectivity index (χ0) is 14.4. The smallest absolute Gasteiger partial charge is 0.312 e. The quantitative estimate of drug-likeness (QED) is 0.852. The Bertz CT molecular complexity index is 275. The highest BCUT2D eigenvalue weighted by Gasteiger charge is 2.29. The van der Waals surface area contributed by atoms with E-state index in [1.807, 2.05) is 0 Å². The molecule has 0 bridgehead atoms. The Labute approximate surface area is 120 Å². The predicted octanol–water partition coefficient (Wildman–Crippen LogP) is 3.57. The number of alkyl halides is 3. The Hall–Kier alpha value is -0.290. The second-order valence-electron chi connectivity index (χ2n) is 6.33. The number of nitrogens with one attached hydrogen (secondary N) is 1. The summed E-state index contributed by atoms with van der Waals surface area (Å²) in [4.78, 5) is 2.24. The zero-order valence-electron chi connectivity index (χ0n) is 12.2. The molecule has 2 aliphatic rings. The van der Waals surface area contributed by atoms with Gasteiger partial charge in [-0.2, -0.15) is 13.2 Å². The zero-order valence-corrected chi connectivity index (χ0v) is 12.2. The molecule has 2 fully saturated rings. The molecule has 0 aromatic heterocycles. The number of hydrogen-bond donors (Lipinski definition) is 1. The first kappa shape index (κ1) is 16.1. The van der Waals surface area contributed by atoms with Crippen LogP contribution < -0.4 is 5.32 Å². The Morgan fingerprint density at radius 1 is 1.05 bits per heavy atom. The van der Waals surface area contributed by atoms with Gasteiger partial charge in [-0.25, -0.2) is 0 Å². The Morgan fingerprint density at radius 3 is 2.50 bits per heavy atom. The fourth-order valence-corrected chi connectivity index (χ4v) is 3.58. The van der Waals surface area contributed by atoms with Crippen LogP contribution in [-0.2, 0) is 0 Å². The minimum absolute atomic E-state index is 0.237. The van der Waals surface area contributed by atoms with E-state index in [9.17, 15) is 13.2 Å². The van der Waals surface area contributed by atoms with Gasteiger partial charge in [-0.3, -0.25) is 0 Å². The summed E-state index contributed by atoms with van der Waals surface area (Å²) in [5.74, 6) is 0.729. The molecule has 5 heteroatoms. The molecule has 0 aromatic rings.